The number of fused-ring (bicyclic) bond motifs is 1. The van der Waals surface area contributed by atoms with Gasteiger partial charge in [-0.25, -0.2) is 4.98 Å². The predicted molar refractivity (Wildman–Crippen MR) is 95.9 cm³/mol. The summed E-state index contributed by atoms with van der Waals surface area (Å²) < 4.78 is 6.64. The number of carbonyl (C=O) groups excluding carboxylic acids is 1. The Balaban J connectivity index is 1.48. The molecular weight excluding hydrogens is 368 g/mol. The topological polar surface area (TPSA) is 60.7 Å². The highest BCUT2D eigenvalue weighted by Crippen LogP contribution is 2.21. The summed E-state index contributed by atoms with van der Waals surface area (Å²) in [7, 11) is 0. The molecule has 24 heavy (non-hydrogen) atoms. The number of thioether (sulfide) groups is 1. The molecule has 0 spiro atoms. The molecule has 0 fully saturated rings. The van der Waals surface area contributed by atoms with Crippen molar-refractivity contribution >= 4 is 45.6 Å². The van der Waals surface area contributed by atoms with Gasteiger partial charge >= 0.3 is 5.97 Å². The fourth-order valence-corrected chi connectivity index (χ4v) is 3.67. The molecule has 0 N–H and O–H groups in total. The van der Waals surface area contributed by atoms with Gasteiger partial charge in [0.15, 0.2) is 4.96 Å². The van der Waals surface area contributed by atoms with Crippen LogP contribution in [0.2, 0.25) is 5.02 Å². The SMILES string of the molecule is O=C(CCSc1ccc(Cl)cc1)OCc1cc(=O)n2ccsc2n1. The monoisotopic (exact) mass is 380 g/mol. The molecule has 0 aliphatic heterocycles. The molecule has 0 amide bonds. The summed E-state index contributed by atoms with van der Waals surface area (Å²) in [5.74, 6) is 0.296. The number of thiazole rings is 1. The lowest BCUT2D eigenvalue weighted by atomic mass is 10.4. The number of rotatable bonds is 6. The lowest BCUT2D eigenvalue weighted by molar-refractivity contribution is -0.144. The predicted octanol–water partition coefficient (Wildman–Crippen LogP) is 3.64. The third-order valence-electron chi connectivity index (χ3n) is 3.13. The van der Waals surface area contributed by atoms with E-state index in [4.69, 9.17) is 16.3 Å². The molecule has 2 heterocycles. The number of benzene rings is 1. The molecule has 0 radical (unpaired) electrons. The highest BCUT2D eigenvalue weighted by atomic mass is 35.5. The van der Waals surface area contributed by atoms with E-state index >= 15 is 0 Å². The van der Waals surface area contributed by atoms with Gasteiger partial charge in [0.2, 0.25) is 0 Å². The van der Waals surface area contributed by atoms with Gasteiger partial charge in [-0.1, -0.05) is 11.6 Å². The standard InChI is InChI=1S/C16H13ClN2O3S2/c17-11-1-3-13(4-2-11)23-7-5-15(21)22-10-12-9-14(20)19-6-8-24-16(19)18-12/h1-4,6,8-9H,5,7,10H2. The molecule has 0 aliphatic rings. The Labute approximate surface area is 151 Å². The van der Waals surface area contributed by atoms with Crippen molar-refractivity contribution in [3.05, 3.63) is 63.0 Å². The number of hydrogen-bond acceptors (Lipinski definition) is 6. The van der Waals surface area contributed by atoms with Crippen molar-refractivity contribution in [2.24, 2.45) is 0 Å². The van der Waals surface area contributed by atoms with Gasteiger partial charge in [-0.15, -0.1) is 23.1 Å². The zero-order valence-electron chi connectivity index (χ0n) is 12.5. The van der Waals surface area contributed by atoms with Crippen molar-refractivity contribution in [1.82, 2.24) is 9.38 Å². The van der Waals surface area contributed by atoms with Gasteiger partial charge < -0.3 is 4.74 Å². The van der Waals surface area contributed by atoms with Gasteiger partial charge in [-0.05, 0) is 24.3 Å². The average molecular weight is 381 g/mol. The van der Waals surface area contributed by atoms with Gasteiger partial charge in [0.05, 0.1) is 12.1 Å². The van der Waals surface area contributed by atoms with Gasteiger partial charge in [-0.2, -0.15) is 0 Å². The molecule has 3 aromatic rings. The summed E-state index contributed by atoms with van der Waals surface area (Å²) in [5, 5.41) is 2.47. The van der Waals surface area contributed by atoms with Crippen LogP contribution in [0.3, 0.4) is 0 Å². The van der Waals surface area contributed by atoms with E-state index in [1.165, 1.54) is 21.8 Å². The van der Waals surface area contributed by atoms with Gasteiger partial charge in [0.1, 0.15) is 6.61 Å². The summed E-state index contributed by atoms with van der Waals surface area (Å²) in [6, 6.07) is 8.83. The Morgan fingerprint density at radius 3 is 2.92 bits per heavy atom. The van der Waals surface area contributed by atoms with Crippen LogP contribution in [0.25, 0.3) is 4.96 Å². The summed E-state index contributed by atoms with van der Waals surface area (Å²) >= 11 is 8.74. The molecule has 0 unspecified atom stereocenters. The molecule has 3 rings (SSSR count). The van der Waals surface area contributed by atoms with Crippen molar-refractivity contribution < 1.29 is 9.53 Å². The lowest BCUT2D eigenvalue weighted by Crippen LogP contribution is -2.14. The quantitative estimate of drug-likeness (QED) is 0.482. The van der Waals surface area contributed by atoms with E-state index in [9.17, 15) is 9.59 Å². The Morgan fingerprint density at radius 1 is 1.33 bits per heavy atom. The first-order valence-electron chi connectivity index (χ1n) is 7.11. The van der Waals surface area contributed by atoms with Crippen LogP contribution in [-0.2, 0) is 16.1 Å². The van der Waals surface area contributed by atoms with Crippen LogP contribution in [0.5, 0.6) is 0 Å². The first-order valence-corrected chi connectivity index (χ1v) is 9.36. The fraction of sp³-hybridized carbons (Fsp3) is 0.188. The van der Waals surface area contributed by atoms with Crippen molar-refractivity contribution in [1.29, 1.82) is 0 Å². The first kappa shape index (κ1) is 17.0. The van der Waals surface area contributed by atoms with Crippen LogP contribution in [0.4, 0.5) is 0 Å². The number of halogens is 1. The minimum Gasteiger partial charge on any atom is -0.459 e. The molecule has 0 atom stereocenters. The van der Waals surface area contributed by atoms with Gasteiger partial charge in [-0.3, -0.25) is 14.0 Å². The molecular formula is C16H13ClN2O3S2. The number of ether oxygens (including phenoxy) is 1. The van der Waals surface area contributed by atoms with E-state index in [1.807, 2.05) is 24.3 Å². The zero-order valence-corrected chi connectivity index (χ0v) is 14.9. The van der Waals surface area contributed by atoms with Gasteiger partial charge in [0.25, 0.3) is 5.56 Å². The molecule has 0 saturated carbocycles. The number of carbonyl (C=O) groups is 1. The third kappa shape index (κ3) is 4.37. The van der Waals surface area contributed by atoms with Crippen LogP contribution in [0.15, 0.2) is 51.6 Å². The maximum Gasteiger partial charge on any atom is 0.307 e. The first-order chi connectivity index (χ1) is 11.6. The third-order valence-corrected chi connectivity index (χ3v) is 5.15. The van der Waals surface area contributed by atoms with E-state index < -0.39 is 0 Å². The number of esters is 1. The summed E-state index contributed by atoms with van der Waals surface area (Å²) in [6.07, 6.45) is 1.95. The molecule has 124 valence electrons. The second-order valence-corrected chi connectivity index (χ2v) is 7.33. The molecule has 0 saturated heterocycles. The highest BCUT2D eigenvalue weighted by molar-refractivity contribution is 7.99. The summed E-state index contributed by atoms with van der Waals surface area (Å²) in [4.78, 5) is 29.6. The molecule has 2 aromatic heterocycles. The van der Waals surface area contributed by atoms with Crippen molar-refractivity contribution in [2.45, 2.75) is 17.9 Å². The minimum absolute atomic E-state index is 0.00802. The van der Waals surface area contributed by atoms with Crippen LogP contribution < -0.4 is 5.56 Å². The lowest BCUT2D eigenvalue weighted by Gasteiger charge is -2.05. The van der Waals surface area contributed by atoms with E-state index in [0.717, 1.165) is 4.90 Å². The molecule has 0 aliphatic carbocycles. The Morgan fingerprint density at radius 2 is 2.12 bits per heavy atom. The van der Waals surface area contributed by atoms with Crippen LogP contribution in [0, 0.1) is 0 Å². The van der Waals surface area contributed by atoms with E-state index in [-0.39, 0.29) is 24.6 Å². The van der Waals surface area contributed by atoms with Crippen molar-refractivity contribution in [3.8, 4) is 0 Å². The van der Waals surface area contributed by atoms with Crippen LogP contribution >= 0.6 is 34.7 Å². The molecule has 0 bridgehead atoms. The molecule has 8 heteroatoms. The smallest absolute Gasteiger partial charge is 0.307 e. The fourth-order valence-electron chi connectivity index (χ4n) is 1.97. The normalized spacial score (nSPS) is 10.9. The second kappa shape index (κ2) is 7.83. The van der Waals surface area contributed by atoms with Crippen molar-refractivity contribution in [2.75, 3.05) is 5.75 Å². The van der Waals surface area contributed by atoms with Crippen molar-refractivity contribution in [3.63, 3.8) is 0 Å². The highest BCUT2D eigenvalue weighted by Gasteiger charge is 2.07. The summed E-state index contributed by atoms with van der Waals surface area (Å²) in [6.45, 7) is 0.00802. The maximum absolute atomic E-state index is 11.8. The average Bonchev–Trinajstić information content (AvgIpc) is 3.04. The van der Waals surface area contributed by atoms with E-state index in [2.05, 4.69) is 4.98 Å². The zero-order chi connectivity index (χ0) is 16.9. The molecule has 1 aromatic carbocycles. The Hall–Kier alpha value is -1.83. The maximum atomic E-state index is 11.8. The van der Waals surface area contributed by atoms with Crippen LogP contribution in [0.1, 0.15) is 12.1 Å². The second-order valence-electron chi connectivity index (χ2n) is 4.85. The number of aromatic nitrogens is 2. The number of hydrogen-bond donors (Lipinski definition) is 0. The van der Waals surface area contributed by atoms with Crippen LogP contribution in [-0.4, -0.2) is 21.1 Å². The summed E-state index contributed by atoms with van der Waals surface area (Å²) in [5.41, 5.74) is 0.284. The minimum atomic E-state index is -0.315. The Kier molecular flexibility index (Phi) is 5.55. The van der Waals surface area contributed by atoms with Gasteiger partial charge in [0, 0.05) is 33.3 Å². The van der Waals surface area contributed by atoms with E-state index in [0.29, 0.717) is 21.4 Å². The largest absolute Gasteiger partial charge is 0.459 e. The van der Waals surface area contributed by atoms with E-state index in [1.54, 1.807) is 23.3 Å². The Bertz CT molecular complexity index is 906. The number of nitrogens with zero attached hydrogens (tertiary/aromatic N) is 2. The molecule has 5 nitrogen and oxygen atoms in total.